The molecule has 0 aliphatic carbocycles. The quantitative estimate of drug-likeness (QED) is 0.512. The van der Waals surface area contributed by atoms with Gasteiger partial charge in [0.15, 0.2) is 0 Å². The first-order valence-electron chi connectivity index (χ1n) is 3.36. The van der Waals surface area contributed by atoms with Crippen LogP contribution in [0, 0.1) is 13.7 Å². The summed E-state index contributed by atoms with van der Waals surface area (Å²) in [6.45, 7) is 0. The fourth-order valence-corrected chi connectivity index (χ4v) is 1.87. The number of nitro groups is 1. The monoisotopic (exact) mass is 326 g/mol. The zero-order valence-electron chi connectivity index (χ0n) is 6.66. The van der Waals surface area contributed by atoms with E-state index < -0.39 is 10.8 Å². The number of amides is 1. The fourth-order valence-electron chi connectivity index (χ4n) is 0.887. The third-order valence-corrected chi connectivity index (χ3v) is 2.83. The number of carbonyl (C=O) groups excluding carboxylic acids is 1. The van der Waals surface area contributed by atoms with Crippen molar-refractivity contribution in [2.75, 3.05) is 0 Å². The molecule has 0 saturated heterocycles. The van der Waals surface area contributed by atoms with Crippen LogP contribution in [0.5, 0.6) is 0 Å². The summed E-state index contributed by atoms with van der Waals surface area (Å²) in [4.78, 5) is 20.8. The van der Waals surface area contributed by atoms with Gasteiger partial charge in [-0.15, -0.1) is 0 Å². The Kier molecular flexibility index (Phi) is 3.27. The van der Waals surface area contributed by atoms with Gasteiger partial charge in [0.2, 0.25) is 5.91 Å². The Bertz CT molecular complexity index is 386. The molecule has 0 aliphatic heterocycles. The van der Waals surface area contributed by atoms with E-state index in [1.165, 1.54) is 12.1 Å². The smallest absolute Gasteiger partial charge is 0.284 e. The topological polar surface area (TPSA) is 86.2 Å². The van der Waals surface area contributed by atoms with Crippen LogP contribution >= 0.6 is 34.2 Å². The van der Waals surface area contributed by atoms with Gasteiger partial charge in [-0.2, -0.15) is 0 Å². The number of benzene rings is 1. The lowest BCUT2D eigenvalue weighted by atomic mass is 10.2. The highest BCUT2D eigenvalue weighted by Gasteiger charge is 2.19. The summed E-state index contributed by atoms with van der Waals surface area (Å²) in [6, 6.07) is 2.48. The number of primary amides is 1. The predicted molar refractivity (Wildman–Crippen MR) is 59.3 cm³/mol. The number of halogens is 2. The average molecular weight is 326 g/mol. The third-order valence-electron chi connectivity index (χ3n) is 1.48. The fraction of sp³-hybridized carbons (Fsp3) is 0. The van der Waals surface area contributed by atoms with Gasteiger partial charge in [-0.1, -0.05) is 11.6 Å². The average Bonchev–Trinajstić information content (AvgIpc) is 2.07. The zero-order valence-corrected chi connectivity index (χ0v) is 9.57. The molecule has 0 bridgehead atoms. The zero-order chi connectivity index (χ0) is 10.9. The van der Waals surface area contributed by atoms with Crippen LogP contribution in [0.25, 0.3) is 0 Å². The van der Waals surface area contributed by atoms with Crippen LogP contribution in [0.1, 0.15) is 10.4 Å². The van der Waals surface area contributed by atoms with E-state index in [4.69, 9.17) is 17.3 Å². The minimum Gasteiger partial charge on any atom is -0.366 e. The van der Waals surface area contributed by atoms with Crippen molar-refractivity contribution in [3.8, 4) is 0 Å². The summed E-state index contributed by atoms with van der Waals surface area (Å²) < 4.78 is 0.199. The van der Waals surface area contributed by atoms with Gasteiger partial charge in [0.25, 0.3) is 5.69 Å². The molecule has 2 N–H and O–H groups in total. The second-order valence-electron chi connectivity index (χ2n) is 2.41. The van der Waals surface area contributed by atoms with Crippen LogP contribution in [0.3, 0.4) is 0 Å². The number of nitrogens with two attached hydrogens (primary N) is 1. The van der Waals surface area contributed by atoms with E-state index in [2.05, 4.69) is 0 Å². The summed E-state index contributed by atoms with van der Waals surface area (Å²) in [6.07, 6.45) is 0. The summed E-state index contributed by atoms with van der Waals surface area (Å²) in [5.41, 5.74) is 4.87. The van der Waals surface area contributed by atoms with Crippen molar-refractivity contribution in [3.05, 3.63) is 36.4 Å². The van der Waals surface area contributed by atoms with Gasteiger partial charge < -0.3 is 5.73 Å². The Morgan fingerprint density at radius 3 is 2.57 bits per heavy atom. The maximum atomic E-state index is 10.9. The minimum absolute atomic E-state index is 0.0600. The number of nitro benzene ring substituents is 1. The van der Waals surface area contributed by atoms with Crippen molar-refractivity contribution in [2.45, 2.75) is 0 Å². The molecule has 1 aromatic rings. The molecule has 1 amide bonds. The van der Waals surface area contributed by atoms with E-state index in [-0.39, 0.29) is 19.8 Å². The number of hydrogen-bond donors (Lipinski definition) is 1. The largest absolute Gasteiger partial charge is 0.366 e. The van der Waals surface area contributed by atoms with Gasteiger partial charge >= 0.3 is 0 Å². The molecule has 0 atom stereocenters. The Hall–Kier alpha value is -0.890. The first-order chi connectivity index (χ1) is 6.43. The molecule has 7 heteroatoms. The molecule has 0 spiro atoms. The molecule has 74 valence electrons. The lowest BCUT2D eigenvalue weighted by Gasteiger charge is -2.01. The van der Waals surface area contributed by atoms with Crippen LogP contribution in [-0.4, -0.2) is 10.8 Å². The molecular weight excluding hydrogens is 322 g/mol. The van der Waals surface area contributed by atoms with E-state index >= 15 is 0 Å². The predicted octanol–water partition coefficient (Wildman–Crippen LogP) is 1.95. The van der Waals surface area contributed by atoms with Crippen molar-refractivity contribution in [2.24, 2.45) is 5.73 Å². The Labute approximate surface area is 97.5 Å². The molecule has 0 saturated carbocycles. The normalized spacial score (nSPS) is 9.86. The third kappa shape index (κ3) is 2.13. The Morgan fingerprint density at radius 2 is 2.14 bits per heavy atom. The van der Waals surface area contributed by atoms with Gasteiger partial charge in [0.05, 0.1) is 10.5 Å². The van der Waals surface area contributed by atoms with Crippen LogP contribution in [0.15, 0.2) is 12.1 Å². The maximum Gasteiger partial charge on any atom is 0.284 e. The van der Waals surface area contributed by atoms with Crippen LogP contribution in [-0.2, 0) is 0 Å². The van der Waals surface area contributed by atoms with Gasteiger partial charge in [0.1, 0.15) is 3.57 Å². The highest BCUT2D eigenvalue weighted by Crippen LogP contribution is 2.28. The molecule has 1 aromatic carbocycles. The summed E-state index contributed by atoms with van der Waals surface area (Å²) >= 11 is 7.28. The van der Waals surface area contributed by atoms with Crippen molar-refractivity contribution in [3.63, 3.8) is 0 Å². The standard InChI is InChI=1S/C7H4ClIN2O3/c8-3-1-4(7(10)12)6(9)5(2-3)11(13)14/h1-2H,(H2,10,12). The van der Waals surface area contributed by atoms with Gasteiger partial charge in [-0.3, -0.25) is 14.9 Å². The lowest BCUT2D eigenvalue weighted by Crippen LogP contribution is -2.13. The minimum atomic E-state index is -0.736. The molecular formula is C7H4ClIN2O3. The van der Waals surface area contributed by atoms with E-state index in [0.29, 0.717) is 0 Å². The maximum absolute atomic E-state index is 10.9. The summed E-state index contributed by atoms with van der Waals surface area (Å²) in [5.74, 6) is -0.736. The number of carbonyl (C=O) groups is 1. The highest BCUT2D eigenvalue weighted by atomic mass is 127. The lowest BCUT2D eigenvalue weighted by molar-refractivity contribution is -0.385. The molecule has 0 aromatic heterocycles. The molecule has 0 unspecified atom stereocenters. The van der Waals surface area contributed by atoms with Crippen molar-refractivity contribution in [1.29, 1.82) is 0 Å². The Morgan fingerprint density at radius 1 is 1.57 bits per heavy atom. The molecule has 0 heterocycles. The van der Waals surface area contributed by atoms with Crippen molar-refractivity contribution >= 4 is 45.8 Å². The molecule has 5 nitrogen and oxygen atoms in total. The molecule has 0 aliphatic rings. The second kappa shape index (κ2) is 4.09. The van der Waals surface area contributed by atoms with E-state index in [9.17, 15) is 14.9 Å². The summed E-state index contributed by atoms with van der Waals surface area (Å²) in [5, 5.41) is 10.7. The first kappa shape index (κ1) is 11.2. The van der Waals surface area contributed by atoms with Crippen LogP contribution < -0.4 is 5.73 Å². The second-order valence-corrected chi connectivity index (χ2v) is 3.92. The summed E-state index contributed by atoms with van der Waals surface area (Å²) in [7, 11) is 0. The van der Waals surface area contributed by atoms with Crippen LogP contribution in [0.2, 0.25) is 5.02 Å². The molecule has 1 rings (SSSR count). The SMILES string of the molecule is NC(=O)c1cc(Cl)cc([N+](=O)[O-])c1I. The van der Waals surface area contributed by atoms with Crippen LogP contribution in [0.4, 0.5) is 5.69 Å². The Balaban J connectivity index is 3.47. The van der Waals surface area contributed by atoms with E-state index in [1.807, 2.05) is 0 Å². The molecule has 0 radical (unpaired) electrons. The van der Waals surface area contributed by atoms with E-state index in [0.717, 1.165) is 0 Å². The van der Waals surface area contributed by atoms with Gasteiger partial charge in [-0.25, -0.2) is 0 Å². The van der Waals surface area contributed by atoms with Crippen molar-refractivity contribution < 1.29 is 9.72 Å². The number of hydrogen-bond acceptors (Lipinski definition) is 3. The molecule has 14 heavy (non-hydrogen) atoms. The number of rotatable bonds is 2. The molecule has 0 fully saturated rings. The van der Waals surface area contributed by atoms with Gasteiger partial charge in [-0.05, 0) is 28.7 Å². The number of nitrogens with zero attached hydrogens (tertiary/aromatic N) is 1. The first-order valence-corrected chi connectivity index (χ1v) is 4.82. The highest BCUT2D eigenvalue weighted by molar-refractivity contribution is 14.1. The van der Waals surface area contributed by atoms with Gasteiger partial charge in [0, 0.05) is 11.1 Å². The van der Waals surface area contributed by atoms with E-state index in [1.54, 1.807) is 22.6 Å². The van der Waals surface area contributed by atoms with Crippen molar-refractivity contribution in [1.82, 2.24) is 0 Å².